The number of alkyl halides is 2. The molecule has 0 aromatic heterocycles. The van der Waals surface area contributed by atoms with E-state index in [1.54, 1.807) is 12.1 Å². The Labute approximate surface area is 128 Å². The maximum absolute atomic E-state index is 13.4. The van der Waals surface area contributed by atoms with E-state index in [0.717, 1.165) is 0 Å². The fourth-order valence-corrected chi connectivity index (χ4v) is 2.31. The quantitative estimate of drug-likeness (QED) is 0.805. The van der Waals surface area contributed by atoms with E-state index in [1.165, 1.54) is 0 Å². The first kappa shape index (κ1) is 16.9. The Morgan fingerprint density at radius 3 is 2.41 bits per heavy atom. The van der Waals surface area contributed by atoms with Gasteiger partial charge < -0.3 is 24.8 Å². The Hall–Kier alpha value is -1.44. The SMILES string of the molecule is CC(CCO)NCc1ccc(CN(C)C)c2c1OC(F)(F)O2. The van der Waals surface area contributed by atoms with E-state index < -0.39 is 6.29 Å². The van der Waals surface area contributed by atoms with Crippen LogP contribution in [0.5, 0.6) is 11.5 Å². The number of benzene rings is 1. The molecule has 22 heavy (non-hydrogen) atoms. The van der Waals surface area contributed by atoms with Crippen molar-refractivity contribution >= 4 is 0 Å². The molecule has 2 N–H and O–H groups in total. The topological polar surface area (TPSA) is 54.0 Å². The van der Waals surface area contributed by atoms with Crippen LogP contribution in [0, 0.1) is 0 Å². The van der Waals surface area contributed by atoms with Crippen molar-refractivity contribution in [3.05, 3.63) is 23.3 Å². The van der Waals surface area contributed by atoms with Crippen LogP contribution in [0.25, 0.3) is 0 Å². The highest BCUT2D eigenvalue weighted by molar-refractivity contribution is 5.54. The lowest BCUT2D eigenvalue weighted by Crippen LogP contribution is -2.27. The van der Waals surface area contributed by atoms with Crippen LogP contribution in [0.1, 0.15) is 24.5 Å². The summed E-state index contributed by atoms with van der Waals surface area (Å²) in [6.45, 7) is 2.84. The van der Waals surface area contributed by atoms with Gasteiger partial charge in [-0.3, -0.25) is 0 Å². The highest BCUT2D eigenvalue weighted by atomic mass is 19.3. The third-order valence-electron chi connectivity index (χ3n) is 3.41. The molecule has 7 heteroatoms. The third-order valence-corrected chi connectivity index (χ3v) is 3.41. The monoisotopic (exact) mass is 316 g/mol. The minimum absolute atomic E-state index is 0.0740. The van der Waals surface area contributed by atoms with Gasteiger partial charge in [0, 0.05) is 36.9 Å². The normalized spacial score (nSPS) is 17.0. The lowest BCUT2D eigenvalue weighted by Gasteiger charge is -2.15. The summed E-state index contributed by atoms with van der Waals surface area (Å²) < 4.78 is 36.2. The van der Waals surface area contributed by atoms with Crippen molar-refractivity contribution in [2.45, 2.75) is 38.8 Å². The van der Waals surface area contributed by atoms with Gasteiger partial charge in [0.25, 0.3) is 0 Å². The van der Waals surface area contributed by atoms with E-state index in [9.17, 15) is 8.78 Å². The van der Waals surface area contributed by atoms with Gasteiger partial charge in [-0.2, -0.15) is 0 Å². The molecule has 1 aliphatic rings. The lowest BCUT2D eigenvalue weighted by atomic mass is 10.1. The number of nitrogens with one attached hydrogen (secondary N) is 1. The second-order valence-electron chi connectivity index (χ2n) is 5.74. The molecule has 1 atom stereocenters. The smallest absolute Gasteiger partial charge is 0.396 e. The van der Waals surface area contributed by atoms with E-state index in [0.29, 0.717) is 30.6 Å². The Bertz CT molecular complexity index is 524. The number of nitrogens with zero attached hydrogens (tertiary/aromatic N) is 1. The summed E-state index contributed by atoms with van der Waals surface area (Å²) in [5.41, 5.74) is 1.27. The van der Waals surface area contributed by atoms with Crippen molar-refractivity contribution in [3.8, 4) is 11.5 Å². The molecule has 0 saturated carbocycles. The molecule has 0 radical (unpaired) electrons. The summed E-state index contributed by atoms with van der Waals surface area (Å²) >= 11 is 0. The van der Waals surface area contributed by atoms with Gasteiger partial charge in [-0.25, -0.2) is 0 Å². The number of hydrogen-bond acceptors (Lipinski definition) is 5. The Morgan fingerprint density at radius 1 is 1.23 bits per heavy atom. The number of halogens is 2. The minimum atomic E-state index is -3.63. The fourth-order valence-electron chi connectivity index (χ4n) is 2.31. The molecule has 0 aliphatic carbocycles. The van der Waals surface area contributed by atoms with Gasteiger partial charge in [-0.1, -0.05) is 12.1 Å². The fraction of sp³-hybridized carbons (Fsp3) is 0.600. The average molecular weight is 316 g/mol. The molecule has 0 fully saturated rings. The number of ether oxygens (including phenoxy) is 2. The van der Waals surface area contributed by atoms with E-state index in [2.05, 4.69) is 14.8 Å². The van der Waals surface area contributed by atoms with E-state index in [1.807, 2.05) is 25.9 Å². The van der Waals surface area contributed by atoms with Gasteiger partial charge >= 0.3 is 6.29 Å². The summed E-state index contributed by atoms with van der Waals surface area (Å²) in [4.78, 5) is 1.87. The van der Waals surface area contributed by atoms with Crippen molar-refractivity contribution < 1.29 is 23.4 Å². The number of fused-ring (bicyclic) bond motifs is 1. The van der Waals surface area contributed by atoms with Crippen LogP contribution in [0.3, 0.4) is 0 Å². The number of aliphatic hydroxyl groups excluding tert-OH is 1. The molecule has 0 spiro atoms. The predicted molar refractivity (Wildman–Crippen MR) is 78.0 cm³/mol. The van der Waals surface area contributed by atoms with Crippen LogP contribution in [0.4, 0.5) is 8.78 Å². The van der Waals surface area contributed by atoms with Crippen molar-refractivity contribution in [3.63, 3.8) is 0 Å². The first-order chi connectivity index (χ1) is 10.3. The van der Waals surface area contributed by atoms with Crippen LogP contribution in [-0.2, 0) is 13.1 Å². The standard InChI is InChI=1S/C15H22F2N2O3/c1-10(6-7-20)18-8-11-4-5-12(9-19(2)3)14-13(11)21-15(16,17)22-14/h4-5,10,18,20H,6-9H2,1-3H3. The van der Waals surface area contributed by atoms with Crippen LogP contribution < -0.4 is 14.8 Å². The Kier molecular flexibility index (Phi) is 5.20. The largest absolute Gasteiger partial charge is 0.586 e. The van der Waals surface area contributed by atoms with Gasteiger partial charge in [0.15, 0.2) is 11.5 Å². The molecule has 2 rings (SSSR count). The molecule has 0 saturated heterocycles. The van der Waals surface area contributed by atoms with Gasteiger partial charge in [-0.05, 0) is 27.4 Å². The van der Waals surface area contributed by atoms with Crippen molar-refractivity contribution in [2.75, 3.05) is 20.7 Å². The molecular formula is C15H22F2N2O3. The average Bonchev–Trinajstić information content (AvgIpc) is 2.73. The highest BCUT2D eigenvalue weighted by Crippen LogP contribution is 2.46. The summed E-state index contributed by atoms with van der Waals surface area (Å²) in [6, 6.07) is 3.61. The van der Waals surface area contributed by atoms with Crippen LogP contribution >= 0.6 is 0 Å². The molecule has 1 unspecified atom stereocenters. The molecule has 5 nitrogen and oxygen atoms in total. The zero-order chi connectivity index (χ0) is 16.3. The van der Waals surface area contributed by atoms with Crippen LogP contribution in [0.15, 0.2) is 12.1 Å². The Balaban J connectivity index is 2.21. The molecule has 1 aromatic carbocycles. The molecule has 1 aromatic rings. The third kappa shape index (κ3) is 4.06. The molecule has 124 valence electrons. The highest BCUT2D eigenvalue weighted by Gasteiger charge is 2.45. The molecule has 1 aliphatic heterocycles. The predicted octanol–water partition coefficient (Wildman–Crippen LogP) is 1.93. The van der Waals surface area contributed by atoms with E-state index in [-0.39, 0.29) is 24.1 Å². The molecule has 0 amide bonds. The van der Waals surface area contributed by atoms with Gasteiger partial charge in [-0.15, -0.1) is 8.78 Å². The second kappa shape index (κ2) is 6.76. The second-order valence-corrected chi connectivity index (χ2v) is 5.74. The maximum atomic E-state index is 13.4. The molecule has 0 bridgehead atoms. The summed E-state index contributed by atoms with van der Waals surface area (Å²) in [5, 5.41) is 12.1. The number of hydrogen-bond donors (Lipinski definition) is 2. The molecule has 1 heterocycles. The van der Waals surface area contributed by atoms with E-state index in [4.69, 9.17) is 5.11 Å². The number of aliphatic hydroxyl groups is 1. The van der Waals surface area contributed by atoms with Crippen molar-refractivity contribution in [1.29, 1.82) is 0 Å². The summed E-state index contributed by atoms with van der Waals surface area (Å²) in [7, 11) is 3.71. The van der Waals surface area contributed by atoms with Gasteiger partial charge in [0.1, 0.15) is 0 Å². The van der Waals surface area contributed by atoms with Gasteiger partial charge in [0.2, 0.25) is 0 Å². The zero-order valence-electron chi connectivity index (χ0n) is 13.0. The lowest BCUT2D eigenvalue weighted by molar-refractivity contribution is -0.287. The minimum Gasteiger partial charge on any atom is -0.396 e. The Morgan fingerprint density at radius 2 is 1.82 bits per heavy atom. The first-order valence-electron chi connectivity index (χ1n) is 7.22. The van der Waals surface area contributed by atoms with Gasteiger partial charge in [0.05, 0.1) is 0 Å². The first-order valence-corrected chi connectivity index (χ1v) is 7.22. The number of rotatable bonds is 7. The van der Waals surface area contributed by atoms with E-state index >= 15 is 0 Å². The molecular weight excluding hydrogens is 294 g/mol. The van der Waals surface area contributed by atoms with Crippen LogP contribution in [0.2, 0.25) is 0 Å². The van der Waals surface area contributed by atoms with Crippen molar-refractivity contribution in [2.24, 2.45) is 0 Å². The van der Waals surface area contributed by atoms with Crippen LogP contribution in [-0.4, -0.2) is 43.0 Å². The summed E-state index contributed by atoms with van der Waals surface area (Å²) in [5.74, 6) is 0.195. The zero-order valence-corrected chi connectivity index (χ0v) is 13.0. The van der Waals surface area contributed by atoms with Crippen molar-refractivity contribution in [1.82, 2.24) is 10.2 Å². The summed E-state index contributed by atoms with van der Waals surface area (Å²) in [6.07, 6.45) is -3.04. The maximum Gasteiger partial charge on any atom is 0.586 e.